The molecule has 0 saturated heterocycles. The molecule has 0 amide bonds. The van der Waals surface area contributed by atoms with Crippen LogP contribution < -0.4 is 0 Å². The van der Waals surface area contributed by atoms with Crippen LogP contribution in [0.4, 0.5) is 0 Å². The molecule has 0 saturated carbocycles. The Hall–Kier alpha value is -0.160. The number of rotatable bonds is 5. The fourth-order valence-electron chi connectivity index (χ4n) is 0.530. The molecule has 74 valence electrons. The van der Waals surface area contributed by atoms with Crippen LogP contribution >= 0.6 is 0 Å². The number of aliphatic hydroxyl groups excluding tert-OH is 1. The molecule has 0 rings (SSSR count). The highest BCUT2D eigenvalue weighted by Crippen LogP contribution is 2.06. The molecule has 12 heavy (non-hydrogen) atoms. The lowest BCUT2D eigenvalue weighted by atomic mass is 10.2. The summed E-state index contributed by atoms with van der Waals surface area (Å²) in [6.45, 7) is 6.00. The molecule has 0 radical (unpaired) electrons. The molecule has 4 nitrogen and oxygen atoms in total. The molecule has 1 unspecified atom stereocenters. The quantitative estimate of drug-likeness (QED) is 0.498. The maximum atomic E-state index is 9.12. The highest BCUT2D eigenvalue weighted by atomic mass is 17.2. The summed E-state index contributed by atoms with van der Waals surface area (Å²) in [7, 11) is 1.52. The molecule has 0 aliphatic heterocycles. The molecule has 0 aromatic rings. The number of hydrogen-bond acceptors (Lipinski definition) is 4. The number of hydrogen-bond donors (Lipinski definition) is 1. The molecule has 0 heterocycles. The molecule has 1 N–H and O–H groups in total. The van der Waals surface area contributed by atoms with Gasteiger partial charge in [0.1, 0.15) is 12.7 Å². The molecule has 0 fully saturated rings. The van der Waals surface area contributed by atoms with Gasteiger partial charge in [0.05, 0.1) is 12.2 Å². The van der Waals surface area contributed by atoms with Gasteiger partial charge in [-0.05, 0) is 20.8 Å². The third kappa shape index (κ3) is 7.94. The Balaban J connectivity index is 3.31. The first-order valence-electron chi connectivity index (χ1n) is 3.93. The van der Waals surface area contributed by atoms with Crippen LogP contribution in [0.25, 0.3) is 0 Å². The maximum absolute atomic E-state index is 9.12. The summed E-state index contributed by atoms with van der Waals surface area (Å²) >= 11 is 0. The van der Waals surface area contributed by atoms with Crippen LogP contribution in [-0.2, 0) is 14.5 Å². The molecule has 1 atom stereocenters. The average Bonchev–Trinajstić information content (AvgIpc) is 1.84. The van der Waals surface area contributed by atoms with Crippen LogP contribution in [0, 0.1) is 0 Å². The van der Waals surface area contributed by atoms with E-state index in [2.05, 4.69) is 0 Å². The minimum absolute atomic E-state index is 0.130. The van der Waals surface area contributed by atoms with Gasteiger partial charge in [-0.1, -0.05) is 0 Å². The van der Waals surface area contributed by atoms with Gasteiger partial charge in [0, 0.05) is 7.11 Å². The molecule has 0 aliphatic carbocycles. The Kier molecular flexibility index (Phi) is 5.41. The van der Waals surface area contributed by atoms with Crippen molar-refractivity contribution in [2.45, 2.75) is 32.5 Å². The zero-order valence-electron chi connectivity index (χ0n) is 8.16. The van der Waals surface area contributed by atoms with Crippen molar-refractivity contribution in [2.24, 2.45) is 0 Å². The van der Waals surface area contributed by atoms with Crippen molar-refractivity contribution in [1.82, 2.24) is 0 Å². The summed E-state index contributed by atoms with van der Waals surface area (Å²) < 4.78 is 4.70. The number of aliphatic hydroxyl groups is 1. The van der Waals surface area contributed by atoms with E-state index in [0.717, 1.165) is 0 Å². The average molecular weight is 178 g/mol. The topological polar surface area (TPSA) is 47.9 Å². The molecular formula is C8H18O4. The van der Waals surface area contributed by atoms with Crippen molar-refractivity contribution in [2.75, 3.05) is 20.3 Å². The summed E-state index contributed by atoms with van der Waals surface area (Å²) in [5.41, 5.74) is -0.340. The van der Waals surface area contributed by atoms with E-state index in [1.165, 1.54) is 7.11 Å². The summed E-state index contributed by atoms with van der Waals surface area (Å²) in [4.78, 5) is 9.71. The van der Waals surface area contributed by atoms with E-state index < -0.39 is 6.10 Å². The van der Waals surface area contributed by atoms with Gasteiger partial charge < -0.3 is 9.84 Å². The predicted molar refractivity (Wildman–Crippen MR) is 44.7 cm³/mol. The molecule has 4 heteroatoms. The van der Waals surface area contributed by atoms with Crippen LogP contribution in [0.15, 0.2) is 0 Å². The standard InChI is InChI=1S/C8H18O4/c1-8(2,3)12-11-6-7(9)5-10-4/h7,9H,5-6H2,1-4H3. The van der Waals surface area contributed by atoms with Crippen LogP contribution in [-0.4, -0.2) is 37.1 Å². The first kappa shape index (κ1) is 11.8. The fraction of sp³-hybridized carbons (Fsp3) is 1.00. The zero-order chi connectivity index (χ0) is 9.61. The molecule has 0 aromatic heterocycles. The summed E-state index contributed by atoms with van der Waals surface area (Å²) in [6.07, 6.45) is -0.627. The maximum Gasteiger partial charge on any atom is 0.110 e. The van der Waals surface area contributed by atoms with Crippen LogP contribution in [0.1, 0.15) is 20.8 Å². The largest absolute Gasteiger partial charge is 0.388 e. The molecule has 0 aromatic carbocycles. The van der Waals surface area contributed by atoms with E-state index in [1.807, 2.05) is 20.8 Å². The van der Waals surface area contributed by atoms with E-state index in [4.69, 9.17) is 19.6 Å². The van der Waals surface area contributed by atoms with E-state index in [9.17, 15) is 0 Å². The normalized spacial score (nSPS) is 14.8. The highest BCUT2D eigenvalue weighted by Gasteiger charge is 2.12. The van der Waals surface area contributed by atoms with Crippen molar-refractivity contribution in [1.29, 1.82) is 0 Å². The van der Waals surface area contributed by atoms with Crippen LogP contribution in [0.2, 0.25) is 0 Å². The first-order valence-corrected chi connectivity index (χ1v) is 3.93. The Morgan fingerprint density at radius 2 is 1.83 bits per heavy atom. The van der Waals surface area contributed by atoms with Crippen molar-refractivity contribution in [3.05, 3.63) is 0 Å². The van der Waals surface area contributed by atoms with Gasteiger partial charge in [0.2, 0.25) is 0 Å². The third-order valence-corrected chi connectivity index (χ3v) is 0.928. The van der Waals surface area contributed by atoms with Gasteiger partial charge in [-0.25, -0.2) is 9.78 Å². The van der Waals surface area contributed by atoms with E-state index in [1.54, 1.807) is 0 Å². The van der Waals surface area contributed by atoms with E-state index in [-0.39, 0.29) is 18.8 Å². The van der Waals surface area contributed by atoms with Crippen molar-refractivity contribution >= 4 is 0 Å². The van der Waals surface area contributed by atoms with Gasteiger partial charge in [0.15, 0.2) is 0 Å². The molecule has 0 bridgehead atoms. The Morgan fingerprint density at radius 1 is 1.25 bits per heavy atom. The smallest absolute Gasteiger partial charge is 0.110 e. The number of ether oxygens (including phenoxy) is 1. The van der Waals surface area contributed by atoms with Crippen LogP contribution in [0.3, 0.4) is 0 Å². The lowest BCUT2D eigenvalue weighted by Gasteiger charge is -2.18. The monoisotopic (exact) mass is 178 g/mol. The Morgan fingerprint density at radius 3 is 2.25 bits per heavy atom. The van der Waals surface area contributed by atoms with Crippen molar-refractivity contribution in [3.63, 3.8) is 0 Å². The molecule has 0 spiro atoms. The second kappa shape index (κ2) is 5.48. The van der Waals surface area contributed by atoms with Crippen molar-refractivity contribution in [3.8, 4) is 0 Å². The van der Waals surface area contributed by atoms with E-state index >= 15 is 0 Å². The highest BCUT2D eigenvalue weighted by molar-refractivity contribution is 4.55. The number of methoxy groups -OCH3 is 1. The first-order chi connectivity index (χ1) is 5.45. The lowest BCUT2D eigenvalue weighted by Crippen LogP contribution is -2.25. The molecule has 0 aliphatic rings. The Labute approximate surface area is 73.4 Å². The molecular weight excluding hydrogens is 160 g/mol. The van der Waals surface area contributed by atoms with Gasteiger partial charge in [-0.3, -0.25) is 0 Å². The minimum atomic E-state index is -0.627. The fourth-order valence-corrected chi connectivity index (χ4v) is 0.530. The lowest BCUT2D eigenvalue weighted by molar-refractivity contribution is -0.356. The summed E-state index contributed by atoms with van der Waals surface area (Å²) in [5.74, 6) is 0. The van der Waals surface area contributed by atoms with Crippen molar-refractivity contribution < 1.29 is 19.6 Å². The SMILES string of the molecule is COCC(O)COOC(C)(C)C. The van der Waals surface area contributed by atoms with Crippen LogP contribution in [0.5, 0.6) is 0 Å². The Bertz CT molecular complexity index is 108. The van der Waals surface area contributed by atoms with E-state index in [0.29, 0.717) is 0 Å². The summed E-state index contributed by atoms with van der Waals surface area (Å²) in [5, 5.41) is 9.12. The summed E-state index contributed by atoms with van der Waals surface area (Å²) in [6, 6.07) is 0. The van der Waals surface area contributed by atoms with Gasteiger partial charge in [-0.2, -0.15) is 0 Å². The van der Waals surface area contributed by atoms with Gasteiger partial charge >= 0.3 is 0 Å². The zero-order valence-corrected chi connectivity index (χ0v) is 8.16. The predicted octanol–water partition coefficient (Wildman–Crippen LogP) is 0.740. The third-order valence-electron chi connectivity index (χ3n) is 0.928. The van der Waals surface area contributed by atoms with Gasteiger partial charge in [0.25, 0.3) is 0 Å². The van der Waals surface area contributed by atoms with Gasteiger partial charge in [-0.15, -0.1) is 0 Å². The second-order valence-electron chi connectivity index (χ2n) is 3.59. The minimum Gasteiger partial charge on any atom is -0.388 e. The second-order valence-corrected chi connectivity index (χ2v) is 3.59.